The summed E-state index contributed by atoms with van der Waals surface area (Å²) in [5, 5.41) is 5.35. The number of rotatable bonds is 6. The van der Waals surface area contributed by atoms with Gasteiger partial charge in [0.15, 0.2) is 6.61 Å². The van der Waals surface area contributed by atoms with Crippen LogP contribution in [-0.4, -0.2) is 17.5 Å². The van der Waals surface area contributed by atoms with Gasteiger partial charge in [-0.25, -0.2) is 9.37 Å². The van der Waals surface area contributed by atoms with Crippen molar-refractivity contribution >= 4 is 22.9 Å². The van der Waals surface area contributed by atoms with Gasteiger partial charge in [0.1, 0.15) is 16.6 Å². The summed E-state index contributed by atoms with van der Waals surface area (Å²) in [6.07, 6.45) is 0. The zero-order valence-electron chi connectivity index (χ0n) is 17.2. The lowest BCUT2D eigenvalue weighted by Gasteiger charge is -2.12. The summed E-state index contributed by atoms with van der Waals surface area (Å²) < 4.78 is 19.8. The van der Waals surface area contributed by atoms with Crippen LogP contribution in [0.2, 0.25) is 0 Å². The number of amides is 1. The molecule has 4 nitrogen and oxygen atoms in total. The lowest BCUT2D eigenvalue weighted by molar-refractivity contribution is -0.118. The predicted molar refractivity (Wildman–Crippen MR) is 123 cm³/mol. The van der Waals surface area contributed by atoms with E-state index in [1.807, 2.05) is 61.7 Å². The first-order valence-corrected chi connectivity index (χ1v) is 10.7. The molecule has 0 radical (unpaired) electrons. The second-order valence-electron chi connectivity index (χ2n) is 7.10. The number of aromatic nitrogens is 1. The Hall–Kier alpha value is -3.51. The van der Waals surface area contributed by atoms with Crippen molar-refractivity contribution in [2.45, 2.75) is 13.8 Å². The van der Waals surface area contributed by atoms with Crippen molar-refractivity contribution in [3.63, 3.8) is 0 Å². The van der Waals surface area contributed by atoms with Crippen molar-refractivity contribution in [1.82, 2.24) is 4.98 Å². The fourth-order valence-electron chi connectivity index (χ4n) is 3.18. The SMILES string of the molecule is Cc1cccc(OCC(=O)Nc2ccccc2-c2csc(-c3ccccc3F)n2)c1C. The van der Waals surface area contributed by atoms with Crippen molar-refractivity contribution in [3.05, 3.63) is 89.1 Å². The number of carbonyl (C=O) groups is 1. The molecule has 0 saturated carbocycles. The lowest BCUT2D eigenvalue weighted by atomic mass is 10.1. The van der Waals surface area contributed by atoms with Crippen LogP contribution in [0.15, 0.2) is 72.1 Å². The number of hydrogen-bond acceptors (Lipinski definition) is 4. The van der Waals surface area contributed by atoms with Crippen molar-refractivity contribution in [2.24, 2.45) is 0 Å². The van der Waals surface area contributed by atoms with Gasteiger partial charge in [-0.15, -0.1) is 11.3 Å². The first-order chi connectivity index (χ1) is 15.0. The number of thiazole rings is 1. The molecule has 0 fully saturated rings. The highest BCUT2D eigenvalue weighted by molar-refractivity contribution is 7.13. The molecule has 4 rings (SSSR count). The molecule has 0 spiro atoms. The smallest absolute Gasteiger partial charge is 0.262 e. The number of hydrogen-bond donors (Lipinski definition) is 1. The fourth-order valence-corrected chi connectivity index (χ4v) is 4.03. The number of benzene rings is 3. The molecule has 1 aromatic heterocycles. The number of anilines is 1. The van der Waals surface area contributed by atoms with Crippen LogP contribution in [0.25, 0.3) is 21.8 Å². The number of ether oxygens (including phenoxy) is 1. The molecule has 6 heteroatoms. The van der Waals surface area contributed by atoms with Gasteiger partial charge in [0.25, 0.3) is 5.91 Å². The minimum atomic E-state index is -0.312. The summed E-state index contributed by atoms with van der Waals surface area (Å²) in [7, 11) is 0. The van der Waals surface area contributed by atoms with E-state index in [4.69, 9.17) is 4.74 Å². The zero-order valence-corrected chi connectivity index (χ0v) is 18.0. The summed E-state index contributed by atoms with van der Waals surface area (Å²) in [5.41, 5.74) is 4.65. The topological polar surface area (TPSA) is 51.2 Å². The van der Waals surface area contributed by atoms with Gasteiger partial charge in [0, 0.05) is 16.5 Å². The average Bonchev–Trinajstić information content (AvgIpc) is 3.25. The van der Waals surface area contributed by atoms with Crippen molar-refractivity contribution in [2.75, 3.05) is 11.9 Å². The van der Waals surface area contributed by atoms with E-state index in [-0.39, 0.29) is 18.3 Å². The minimum Gasteiger partial charge on any atom is -0.483 e. The van der Waals surface area contributed by atoms with Crippen molar-refractivity contribution in [3.8, 4) is 27.6 Å². The van der Waals surface area contributed by atoms with E-state index in [9.17, 15) is 9.18 Å². The van der Waals surface area contributed by atoms with Gasteiger partial charge in [0.2, 0.25) is 0 Å². The van der Waals surface area contributed by atoms with E-state index in [0.717, 1.165) is 16.7 Å². The highest BCUT2D eigenvalue weighted by atomic mass is 32.1. The van der Waals surface area contributed by atoms with Crippen LogP contribution in [0.5, 0.6) is 5.75 Å². The minimum absolute atomic E-state index is 0.101. The first-order valence-electron chi connectivity index (χ1n) is 9.81. The molecule has 31 heavy (non-hydrogen) atoms. The van der Waals surface area contributed by atoms with E-state index in [1.54, 1.807) is 18.2 Å². The van der Waals surface area contributed by atoms with Gasteiger partial charge < -0.3 is 10.1 Å². The van der Waals surface area contributed by atoms with E-state index < -0.39 is 0 Å². The largest absolute Gasteiger partial charge is 0.483 e. The van der Waals surface area contributed by atoms with Crippen LogP contribution in [0.3, 0.4) is 0 Å². The van der Waals surface area contributed by atoms with E-state index >= 15 is 0 Å². The molecule has 0 aliphatic heterocycles. The third kappa shape index (κ3) is 4.64. The predicted octanol–water partition coefficient (Wildman–Crippen LogP) is 6.25. The van der Waals surface area contributed by atoms with E-state index in [0.29, 0.717) is 27.7 Å². The van der Waals surface area contributed by atoms with Gasteiger partial charge in [-0.2, -0.15) is 0 Å². The number of aryl methyl sites for hydroxylation is 1. The first kappa shape index (κ1) is 20.8. The van der Waals surface area contributed by atoms with Crippen molar-refractivity contribution in [1.29, 1.82) is 0 Å². The van der Waals surface area contributed by atoms with E-state index in [1.165, 1.54) is 17.4 Å². The summed E-state index contributed by atoms with van der Waals surface area (Å²) in [5.74, 6) is 0.115. The van der Waals surface area contributed by atoms with Crippen LogP contribution < -0.4 is 10.1 Å². The quantitative estimate of drug-likeness (QED) is 0.392. The third-order valence-electron chi connectivity index (χ3n) is 5.00. The molecule has 1 amide bonds. The van der Waals surface area contributed by atoms with Gasteiger partial charge in [-0.1, -0.05) is 42.5 Å². The van der Waals surface area contributed by atoms with Gasteiger partial charge >= 0.3 is 0 Å². The van der Waals surface area contributed by atoms with Crippen LogP contribution >= 0.6 is 11.3 Å². The Kier molecular flexibility index (Phi) is 6.09. The van der Waals surface area contributed by atoms with Crippen LogP contribution in [0, 0.1) is 19.7 Å². The Morgan fingerprint density at radius 1 is 1.00 bits per heavy atom. The number of para-hydroxylation sites is 1. The molecule has 0 saturated heterocycles. The van der Waals surface area contributed by atoms with Crippen LogP contribution in [-0.2, 0) is 4.79 Å². The second-order valence-corrected chi connectivity index (χ2v) is 7.96. The zero-order chi connectivity index (χ0) is 21.8. The maximum Gasteiger partial charge on any atom is 0.262 e. The molecule has 0 aliphatic carbocycles. The molecule has 0 bridgehead atoms. The number of nitrogens with one attached hydrogen (secondary N) is 1. The Morgan fingerprint density at radius 2 is 1.74 bits per heavy atom. The van der Waals surface area contributed by atoms with E-state index in [2.05, 4.69) is 10.3 Å². The lowest BCUT2D eigenvalue weighted by Crippen LogP contribution is -2.20. The molecule has 4 aromatic rings. The third-order valence-corrected chi connectivity index (χ3v) is 5.87. The molecule has 3 aromatic carbocycles. The number of carbonyl (C=O) groups excluding carboxylic acids is 1. The highest BCUT2D eigenvalue weighted by Gasteiger charge is 2.14. The maximum absolute atomic E-state index is 14.1. The maximum atomic E-state index is 14.1. The highest BCUT2D eigenvalue weighted by Crippen LogP contribution is 2.33. The molecule has 1 heterocycles. The Balaban J connectivity index is 1.51. The molecule has 0 atom stereocenters. The Morgan fingerprint density at radius 3 is 2.55 bits per heavy atom. The Labute approximate surface area is 184 Å². The monoisotopic (exact) mass is 432 g/mol. The molecular weight excluding hydrogens is 411 g/mol. The molecule has 156 valence electrons. The normalized spacial score (nSPS) is 10.7. The van der Waals surface area contributed by atoms with Gasteiger partial charge in [0.05, 0.1) is 11.4 Å². The van der Waals surface area contributed by atoms with Gasteiger partial charge in [-0.05, 0) is 49.2 Å². The average molecular weight is 433 g/mol. The summed E-state index contributed by atoms with van der Waals surface area (Å²) in [6, 6.07) is 19.7. The summed E-state index contributed by atoms with van der Waals surface area (Å²) in [4.78, 5) is 17.1. The molecule has 0 unspecified atom stereocenters. The van der Waals surface area contributed by atoms with Crippen LogP contribution in [0.4, 0.5) is 10.1 Å². The molecule has 0 aliphatic rings. The summed E-state index contributed by atoms with van der Waals surface area (Å²) in [6.45, 7) is 3.87. The number of halogens is 1. The van der Waals surface area contributed by atoms with Gasteiger partial charge in [-0.3, -0.25) is 4.79 Å². The molecular formula is C25H21FN2O2S. The fraction of sp³-hybridized carbons (Fsp3) is 0.120. The van der Waals surface area contributed by atoms with Crippen molar-refractivity contribution < 1.29 is 13.9 Å². The standard InChI is InChI=1S/C25H21FN2O2S/c1-16-8-7-13-23(17(16)2)30-14-24(29)27-21-12-6-4-10-19(21)22-15-31-25(28-22)18-9-3-5-11-20(18)26/h3-13,15H,14H2,1-2H3,(H,27,29). The van der Waals surface area contributed by atoms with Crippen LogP contribution in [0.1, 0.15) is 11.1 Å². The Bertz CT molecular complexity index is 1240. The second kappa shape index (κ2) is 9.10. The summed E-state index contributed by atoms with van der Waals surface area (Å²) >= 11 is 1.36. The number of nitrogens with zero attached hydrogens (tertiary/aromatic N) is 1. The molecule has 1 N–H and O–H groups in total.